The summed E-state index contributed by atoms with van der Waals surface area (Å²) in [4.78, 5) is 26.8. The molecule has 26 heavy (non-hydrogen) atoms. The Balaban J connectivity index is 1.62. The smallest absolute Gasteiger partial charge is 0.255 e. The summed E-state index contributed by atoms with van der Waals surface area (Å²) in [7, 11) is 1.60. The van der Waals surface area contributed by atoms with Crippen LogP contribution in [-0.4, -0.2) is 36.9 Å². The zero-order chi connectivity index (χ0) is 18.5. The second kappa shape index (κ2) is 8.04. The SMILES string of the molecule is COc1ccc(NC(=O)c2ccc(C(=O)N3CCC(C)CC3)cc2)cc1. The maximum atomic E-state index is 12.6. The number of amides is 2. The number of ether oxygens (including phenoxy) is 1. The fraction of sp³-hybridized carbons (Fsp3) is 0.333. The lowest BCUT2D eigenvalue weighted by molar-refractivity contribution is 0.0697. The normalized spacial score (nSPS) is 14.8. The van der Waals surface area contributed by atoms with E-state index in [9.17, 15) is 9.59 Å². The van der Waals surface area contributed by atoms with E-state index in [0.717, 1.165) is 31.7 Å². The number of carbonyl (C=O) groups is 2. The second-order valence-electron chi connectivity index (χ2n) is 6.73. The Bertz CT molecular complexity index is 761. The molecule has 3 rings (SSSR count). The van der Waals surface area contributed by atoms with Gasteiger partial charge in [0.1, 0.15) is 5.75 Å². The molecule has 0 aliphatic carbocycles. The Labute approximate surface area is 154 Å². The number of hydrogen-bond acceptors (Lipinski definition) is 3. The Morgan fingerprint density at radius 3 is 2.12 bits per heavy atom. The third kappa shape index (κ3) is 4.23. The number of methoxy groups -OCH3 is 1. The van der Waals surface area contributed by atoms with Gasteiger partial charge in [-0.2, -0.15) is 0 Å². The van der Waals surface area contributed by atoms with Gasteiger partial charge in [-0.1, -0.05) is 6.92 Å². The summed E-state index contributed by atoms with van der Waals surface area (Å²) in [6, 6.07) is 14.0. The van der Waals surface area contributed by atoms with Gasteiger partial charge in [-0.15, -0.1) is 0 Å². The van der Waals surface area contributed by atoms with Crippen LogP contribution in [0.5, 0.6) is 5.75 Å². The van der Waals surface area contributed by atoms with Crippen molar-refractivity contribution in [2.45, 2.75) is 19.8 Å². The van der Waals surface area contributed by atoms with Crippen molar-refractivity contribution in [2.75, 3.05) is 25.5 Å². The molecule has 0 bridgehead atoms. The van der Waals surface area contributed by atoms with E-state index in [2.05, 4.69) is 12.2 Å². The van der Waals surface area contributed by atoms with Crippen LogP contribution in [0.15, 0.2) is 48.5 Å². The lowest BCUT2D eigenvalue weighted by Crippen LogP contribution is -2.37. The molecule has 2 aromatic rings. The van der Waals surface area contributed by atoms with Gasteiger partial charge >= 0.3 is 0 Å². The Morgan fingerprint density at radius 2 is 1.54 bits per heavy atom. The van der Waals surface area contributed by atoms with E-state index in [1.165, 1.54) is 0 Å². The third-order valence-electron chi connectivity index (χ3n) is 4.81. The van der Waals surface area contributed by atoms with Crippen LogP contribution >= 0.6 is 0 Å². The molecule has 0 atom stereocenters. The summed E-state index contributed by atoms with van der Waals surface area (Å²) in [5.41, 5.74) is 1.84. The van der Waals surface area contributed by atoms with Gasteiger partial charge in [0.15, 0.2) is 0 Å². The van der Waals surface area contributed by atoms with Crippen LogP contribution in [0.4, 0.5) is 5.69 Å². The number of hydrogen-bond donors (Lipinski definition) is 1. The maximum absolute atomic E-state index is 12.6. The standard InChI is InChI=1S/C21H24N2O3/c1-15-11-13-23(14-12-15)21(25)17-5-3-16(4-6-17)20(24)22-18-7-9-19(26-2)10-8-18/h3-10,15H,11-14H2,1-2H3,(H,22,24). The van der Waals surface area contributed by atoms with Crippen molar-refractivity contribution in [3.05, 3.63) is 59.7 Å². The summed E-state index contributed by atoms with van der Waals surface area (Å²) < 4.78 is 5.10. The average molecular weight is 352 g/mol. The predicted molar refractivity (Wildman–Crippen MR) is 102 cm³/mol. The van der Waals surface area contributed by atoms with Crippen molar-refractivity contribution in [2.24, 2.45) is 5.92 Å². The molecule has 5 nitrogen and oxygen atoms in total. The van der Waals surface area contributed by atoms with Crippen LogP contribution in [0.25, 0.3) is 0 Å². The highest BCUT2D eigenvalue weighted by Crippen LogP contribution is 2.19. The van der Waals surface area contributed by atoms with E-state index in [-0.39, 0.29) is 11.8 Å². The van der Waals surface area contributed by atoms with Gasteiger partial charge in [0.05, 0.1) is 7.11 Å². The first kappa shape index (κ1) is 18.0. The molecular formula is C21H24N2O3. The molecule has 0 spiro atoms. The van der Waals surface area contributed by atoms with Crippen LogP contribution in [0.1, 0.15) is 40.5 Å². The number of nitrogens with zero attached hydrogens (tertiary/aromatic N) is 1. The minimum absolute atomic E-state index is 0.0408. The largest absolute Gasteiger partial charge is 0.497 e. The van der Waals surface area contributed by atoms with Gasteiger partial charge in [-0.05, 0) is 67.3 Å². The van der Waals surface area contributed by atoms with Gasteiger partial charge in [-0.25, -0.2) is 0 Å². The minimum atomic E-state index is -0.207. The van der Waals surface area contributed by atoms with E-state index in [4.69, 9.17) is 4.74 Å². The van der Waals surface area contributed by atoms with Gasteiger partial charge < -0.3 is 15.0 Å². The summed E-state index contributed by atoms with van der Waals surface area (Å²) >= 11 is 0. The van der Waals surface area contributed by atoms with Crippen LogP contribution in [-0.2, 0) is 0 Å². The molecule has 2 amide bonds. The number of benzene rings is 2. The molecule has 1 aliphatic rings. The van der Waals surface area contributed by atoms with Crippen LogP contribution in [0, 0.1) is 5.92 Å². The van der Waals surface area contributed by atoms with Crippen molar-refractivity contribution >= 4 is 17.5 Å². The first-order valence-corrected chi connectivity index (χ1v) is 8.91. The minimum Gasteiger partial charge on any atom is -0.497 e. The molecule has 1 aliphatic heterocycles. The van der Waals surface area contributed by atoms with Gasteiger partial charge in [0.25, 0.3) is 11.8 Å². The van der Waals surface area contributed by atoms with Crippen LogP contribution < -0.4 is 10.1 Å². The zero-order valence-electron chi connectivity index (χ0n) is 15.2. The molecule has 0 unspecified atom stereocenters. The fourth-order valence-corrected chi connectivity index (χ4v) is 3.04. The molecule has 1 heterocycles. The summed E-state index contributed by atoms with van der Waals surface area (Å²) in [6.07, 6.45) is 2.10. The highest BCUT2D eigenvalue weighted by Gasteiger charge is 2.21. The highest BCUT2D eigenvalue weighted by molar-refractivity contribution is 6.05. The van der Waals surface area contributed by atoms with E-state index >= 15 is 0 Å². The van der Waals surface area contributed by atoms with Crippen LogP contribution in [0.3, 0.4) is 0 Å². The van der Waals surface area contributed by atoms with Gasteiger partial charge in [0, 0.05) is 29.9 Å². The van der Waals surface area contributed by atoms with E-state index in [1.807, 2.05) is 4.90 Å². The Morgan fingerprint density at radius 1 is 0.962 bits per heavy atom. The number of nitrogens with one attached hydrogen (secondary N) is 1. The molecule has 5 heteroatoms. The summed E-state index contributed by atoms with van der Waals surface area (Å²) in [5.74, 6) is 1.25. The fourth-order valence-electron chi connectivity index (χ4n) is 3.04. The van der Waals surface area contributed by atoms with Crippen LogP contribution in [0.2, 0.25) is 0 Å². The third-order valence-corrected chi connectivity index (χ3v) is 4.81. The maximum Gasteiger partial charge on any atom is 0.255 e. The molecule has 0 aromatic heterocycles. The molecule has 136 valence electrons. The highest BCUT2D eigenvalue weighted by atomic mass is 16.5. The lowest BCUT2D eigenvalue weighted by Gasteiger charge is -2.30. The summed E-state index contributed by atoms with van der Waals surface area (Å²) in [6.45, 7) is 3.83. The van der Waals surface area contributed by atoms with E-state index in [1.54, 1.807) is 55.6 Å². The first-order chi connectivity index (χ1) is 12.6. The first-order valence-electron chi connectivity index (χ1n) is 8.91. The molecule has 2 aromatic carbocycles. The number of rotatable bonds is 4. The molecule has 0 saturated carbocycles. The van der Waals surface area contributed by atoms with Crippen molar-refractivity contribution < 1.29 is 14.3 Å². The number of carbonyl (C=O) groups excluding carboxylic acids is 2. The van der Waals surface area contributed by atoms with Crippen molar-refractivity contribution in [3.8, 4) is 5.75 Å². The van der Waals surface area contributed by atoms with E-state index < -0.39 is 0 Å². The molecule has 1 fully saturated rings. The number of anilines is 1. The predicted octanol–water partition coefficient (Wildman–Crippen LogP) is 3.82. The monoisotopic (exact) mass is 352 g/mol. The molecule has 0 radical (unpaired) electrons. The molecule has 1 N–H and O–H groups in total. The molecular weight excluding hydrogens is 328 g/mol. The quantitative estimate of drug-likeness (QED) is 0.910. The molecule has 1 saturated heterocycles. The lowest BCUT2D eigenvalue weighted by atomic mass is 9.98. The average Bonchev–Trinajstić information content (AvgIpc) is 2.69. The van der Waals surface area contributed by atoms with Gasteiger partial charge in [-0.3, -0.25) is 9.59 Å². The number of piperidine rings is 1. The topological polar surface area (TPSA) is 58.6 Å². The van der Waals surface area contributed by atoms with Crippen molar-refractivity contribution in [3.63, 3.8) is 0 Å². The van der Waals surface area contributed by atoms with Gasteiger partial charge in [0.2, 0.25) is 0 Å². The van der Waals surface area contributed by atoms with Crippen molar-refractivity contribution in [1.82, 2.24) is 4.90 Å². The number of likely N-dealkylation sites (tertiary alicyclic amines) is 1. The van der Waals surface area contributed by atoms with Crippen molar-refractivity contribution in [1.29, 1.82) is 0 Å². The second-order valence-corrected chi connectivity index (χ2v) is 6.73. The summed E-state index contributed by atoms with van der Waals surface area (Å²) in [5, 5.41) is 2.84. The zero-order valence-corrected chi connectivity index (χ0v) is 15.2. The Kier molecular flexibility index (Phi) is 5.56. The Hall–Kier alpha value is -2.82. The van der Waals surface area contributed by atoms with E-state index in [0.29, 0.717) is 22.7 Å².